The topological polar surface area (TPSA) is 60.5 Å². The summed E-state index contributed by atoms with van der Waals surface area (Å²) in [7, 11) is -0.487. The summed E-state index contributed by atoms with van der Waals surface area (Å²) in [4.78, 5) is 16.6. The SMILES string of the molecule is COC[C@@H](O[Si](C)(C)C(C)(C)C)C(=O)Nc1ccc(C)cn1. The molecule has 0 aliphatic heterocycles. The first-order valence-corrected chi connectivity index (χ1v) is 10.4. The van der Waals surface area contributed by atoms with Gasteiger partial charge < -0.3 is 14.5 Å². The molecule has 0 aromatic carbocycles. The quantitative estimate of drug-likeness (QED) is 0.815. The zero-order valence-electron chi connectivity index (χ0n) is 14.7. The van der Waals surface area contributed by atoms with Gasteiger partial charge in [0, 0.05) is 13.3 Å². The second kappa shape index (κ2) is 7.35. The van der Waals surface area contributed by atoms with Crippen LogP contribution in [-0.4, -0.2) is 39.0 Å². The van der Waals surface area contributed by atoms with Crippen molar-refractivity contribution in [3.05, 3.63) is 23.9 Å². The van der Waals surface area contributed by atoms with Gasteiger partial charge in [-0.3, -0.25) is 4.79 Å². The lowest BCUT2D eigenvalue weighted by molar-refractivity contribution is -0.125. The molecule has 0 aliphatic rings. The van der Waals surface area contributed by atoms with E-state index in [9.17, 15) is 4.79 Å². The Hall–Kier alpha value is -1.24. The molecule has 1 aromatic heterocycles. The Kier molecular flexibility index (Phi) is 6.28. The second-order valence-electron chi connectivity index (χ2n) is 7.03. The molecule has 1 N–H and O–H groups in total. The van der Waals surface area contributed by atoms with Crippen LogP contribution in [0.15, 0.2) is 18.3 Å². The van der Waals surface area contributed by atoms with Crippen LogP contribution in [-0.2, 0) is 14.0 Å². The van der Waals surface area contributed by atoms with Gasteiger partial charge in [-0.05, 0) is 36.7 Å². The third-order valence-electron chi connectivity index (χ3n) is 4.02. The number of aryl methyl sites for hydroxylation is 1. The summed E-state index contributed by atoms with van der Waals surface area (Å²) in [6.07, 6.45) is 1.09. The van der Waals surface area contributed by atoms with E-state index in [2.05, 4.69) is 44.2 Å². The lowest BCUT2D eigenvalue weighted by atomic mass is 10.2. The molecule has 124 valence electrons. The molecule has 1 aromatic rings. The highest BCUT2D eigenvalue weighted by atomic mass is 28.4. The maximum atomic E-state index is 12.5. The maximum Gasteiger partial charge on any atom is 0.255 e. The molecule has 0 saturated heterocycles. The van der Waals surface area contributed by atoms with Crippen LogP contribution in [0.1, 0.15) is 26.3 Å². The van der Waals surface area contributed by atoms with Gasteiger partial charge in [0.15, 0.2) is 8.32 Å². The Balaban J connectivity index is 2.81. The average Bonchev–Trinajstić information content (AvgIpc) is 2.39. The molecule has 1 atom stereocenters. The fraction of sp³-hybridized carbons (Fsp3) is 0.625. The number of carbonyl (C=O) groups excluding carboxylic acids is 1. The van der Waals surface area contributed by atoms with E-state index in [0.717, 1.165) is 5.56 Å². The Morgan fingerprint density at radius 1 is 1.36 bits per heavy atom. The fourth-order valence-corrected chi connectivity index (χ4v) is 2.84. The molecule has 22 heavy (non-hydrogen) atoms. The summed E-state index contributed by atoms with van der Waals surface area (Å²) in [5, 5.41) is 2.82. The third kappa shape index (κ3) is 5.19. The van der Waals surface area contributed by atoms with Gasteiger partial charge in [-0.1, -0.05) is 26.8 Å². The second-order valence-corrected chi connectivity index (χ2v) is 11.8. The number of nitrogens with one attached hydrogen (secondary N) is 1. The molecular formula is C16H28N2O3Si. The van der Waals surface area contributed by atoms with Gasteiger partial charge in [-0.2, -0.15) is 0 Å². The molecule has 0 spiro atoms. The first kappa shape index (κ1) is 18.8. The number of rotatable bonds is 6. The molecule has 0 unspecified atom stereocenters. The molecule has 0 fully saturated rings. The summed E-state index contributed by atoms with van der Waals surface area (Å²) in [6, 6.07) is 3.69. The minimum atomic E-state index is -2.06. The van der Waals surface area contributed by atoms with Crippen molar-refractivity contribution in [3.8, 4) is 0 Å². The van der Waals surface area contributed by atoms with Gasteiger partial charge in [0.2, 0.25) is 0 Å². The van der Waals surface area contributed by atoms with Crippen molar-refractivity contribution in [3.63, 3.8) is 0 Å². The Bertz CT molecular complexity index is 495. The van der Waals surface area contributed by atoms with Gasteiger partial charge in [-0.15, -0.1) is 0 Å². The molecule has 0 saturated carbocycles. The Morgan fingerprint density at radius 3 is 2.45 bits per heavy atom. The number of hydrogen-bond acceptors (Lipinski definition) is 4. The summed E-state index contributed by atoms with van der Waals surface area (Å²) in [5.41, 5.74) is 1.05. The van der Waals surface area contributed by atoms with Crippen molar-refractivity contribution in [1.29, 1.82) is 0 Å². The van der Waals surface area contributed by atoms with Crippen LogP contribution in [0.25, 0.3) is 0 Å². The zero-order valence-corrected chi connectivity index (χ0v) is 15.7. The number of hydrogen-bond donors (Lipinski definition) is 1. The van der Waals surface area contributed by atoms with Crippen molar-refractivity contribution < 1.29 is 14.0 Å². The van der Waals surface area contributed by atoms with E-state index in [1.165, 1.54) is 0 Å². The number of ether oxygens (including phenoxy) is 1. The van der Waals surface area contributed by atoms with Crippen LogP contribution in [0.5, 0.6) is 0 Å². The molecule has 6 heteroatoms. The summed E-state index contributed by atoms with van der Waals surface area (Å²) < 4.78 is 11.3. The largest absolute Gasteiger partial charge is 0.403 e. The van der Waals surface area contributed by atoms with Crippen LogP contribution in [0.2, 0.25) is 18.1 Å². The zero-order chi connectivity index (χ0) is 17.0. The smallest absolute Gasteiger partial charge is 0.255 e. The minimum Gasteiger partial charge on any atom is -0.403 e. The molecule has 0 aliphatic carbocycles. The van der Waals surface area contributed by atoms with Crippen molar-refractivity contribution in [2.24, 2.45) is 0 Å². The van der Waals surface area contributed by atoms with Crippen LogP contribution >= 0.6 is 0 Å². The van der Waals surface area contributed by atoms with Crippen molar-refractivity contribution >= 4 is 20.0 Å². The van der Waals surface area contributed by atoms with Gasteiger partial charge in [-0.25, -0.2) is 4.98 Å². The fourth-order valence-electron chi connectivity index (χ4n) is 1.60. The minimum absolute atomic E-state index is 0.0291. The molecule has 1 rings (SSSR count). The van der Waals surface area contributed by atoms with Crippen LogP contribution in [0.4, 0.5) is 5.82 Å². The first-order valence-electron chi connectivity index (χ1n) is 7.47. The normalized spacial score (nSPS) is 13.8. The van der Waals surface area contributed by atoms with Gasteiger partial charge >= 0.3 is 0 Å². The lowest BCUT2D eigenvalue weighted by Crippen LogP contribution is -2.48. The predicted molar refractivity (Wildman–Crippen MR) is 91.5 cm³/mol. The van der Waals surface area contributed by atoms with Crippen LogP contribution in [0, 0.1) is 6.92 Å². The van der Waals surface area contributed by atoms with E-state index in [0.29, 0.717) is 5.82 Å². The molecule has 5 nitrogen and oxygen atoms in total. The average molecular weight is 324 g/mol. The van der Waals surface area contributed by atoms with Gasteiger partial charge in [0.25, 0.3) is 5.91 Å². The van der Waals surface area contributed by atoms with Gasteiger partial charge in [0.05, 0.1) is 6.61 Å². The van der Waals surface area contributed by atoms with Crippen molar-refractivity contribution in [2.75, 3.05) is 19.0 Å². The number of amides is 1. The highest BCUT2D eigenvalue weighted by molar-refractivity contribution is 6.74. The maximum absolute atomic E-state index is 12.5. The number of carbonyl (C=O) groups is 1. The van der Waals surface area contributed by atoms with E-state index in [1.54, 1.807) is 19.4 Å². The highest BCUT2D eigenvalue weighted by Crippen LogP contribution is 2.37. The molecule has 1 heterocycles. The van der Waals surface area contributed by atoms with Crippen molar-refractivity contribution in [2.45, 2.75) is 51.9 Å². The van der Waals surface area contributed by atoms with Gasteiger partial charge in [0.1, 0.15) is 11.9 Å². The summed E-state index contributed by atoms with van der Waals surface area (Å²) in [6.45, 7) is 12.8. The number of anilines is 1. The van der Waals surface area contributed by atoms with E-state index in [4.69, 9.17) is 9.16 Å². The van der Waals surface area contributed by atoms with E-state index in [-0.39, 0.29) is 17.6 Å². The number of aromatic nitrogens is 1. The Morgan fingerprint density at radius 2 is 2.00 bits per heavy atom. The number of pyridine rings is 1. The van der Waals surface area contributed by atoms with Crippen LogP contribution < -0.4 is 5.32 Å². The number of nitrogens with zero attached hydrogens (tertiary/aromatic N) is 1. The highest BCUT2D eigenvalue weighted by Gasteiger charge is 2.40. The molecule has 0 bridgehead atoms. The molecule has 0 radical (unpaired) electrons. The standard InChI is InChI=1S/C16H28N2O3Si/c1-12-8-9-14(17-10-12)18-15(19)13(11-20-5)21-22(6,7)16(2,3)4/h8-10,13H,11H2,1-7H3,(H,17,18,19)/t13-/m1/s1. The summed E-state index contributed by atoms with van der Waals surface area (Å²) >= 11 is 0. The molecule has 1 amide bonds. The van der Waals surface area contributed by atoms with E-state index >= 15 is 0 Å². The van der Waals surface area contributed by atoms with Crippen LogP contribution in [0.3, 0.4) is 0 Å². The monoisotopic (exact) mass is 324 g/mol. The Labute approximate surface area is 134 Å². The lowest BCUT2D eigenvalue weighted by Gasteiger charge is -2.38. The predicted octanol–water partition coefficient (Wildman–Crippen LogP) is 3.37. The molecular weight excluding hydrogens is 296 g/mol. The summed E-state index contributed by atoms with van der Waals surface area (Å²) in [5.74, 6) is 0.304. The van der Waals surface area contributed by atoms with E-state index in [1.807, 2.05) is 13.0 Å². The van der Waals surface area contributed by atoms with E-state index < -0.39 is 14.4 Å². The number of methoxy groups -OCH3 is 1. The third-order valence-corrected chi connectivity index (χ3v) is 8.50. The van der Waals surface area contributed by atoms with Crippen molar-refractivity contribution in [1.82, 2.24) is 4.98 Å². The first-order chi connectivity index (χ1) is 10.1.